The van der Waals surface area contributed by atoms with E-state index < -0.39 is 12.0 Å². The van der Waals surface area contributed by atoms with Gasteiger partial charge in [-0.15, -0.1) is 11.3 Å². The minimum atomic E-state index is -1.05. The van der Waals surface area contributed by atoms with Crippen LogP contribution in [-0.4, -0.2) is 40.9 Å². The molecule has 0 aromatic carbocycles. The fraction of sp³-hybridized carbons (Fsp3) is 0.417. The van der Waals surface area contributed by atoms with Gasteiger partial charge >= 0.3 is 5.97 Å². The Hall–Kier alpha value is -1.89. The molecule has 0 radical (unpaired) electrons. The Morgan fingerprint density at radius 3 is 2.89 bits per heavy atom. The van der Waals surface area contributed by atoms with Gasteiger partial charge < -0.3 is 15.3 Å². The number of nitrogens with one attached hydrogen (secondary N) is 1. The summed E-state index contributed by atoms with van der Waals surface area (Å²) in [4.78, 5) is 36.5. The van der Waals surface area contributed by atoms with Crippen molar-refractivity contribution in [3.63, 3.8) is 0 Å². The van der Waals surface area contributed by atoms with Crippen LogP contribution in [0.5, 0.6) is 0 Å². The smallest absolute Gasteiger partial charge is 0.331 e. The van der Waals surface area contributed by atoms with Crippen LogP contribution in [0.15, 0.2) is 11.4 Å². The molecule has 2 N–H and O–H groups in total. The van der Waals surface area contributed by atoms with Crippen LogP contribution >= 0.6 is 11.3 Å². The van der Waals surface area contributed by atoms with E-state index in [1.165, 1.54) is 23.2 Å². The van der Waals surface area contributed by atoms with Crippen molar-refractivity contribution in [1.29, 1.82) is 0 Å². The van der Waals surface area contributed by atoms with E-state index >= 15 is 0 Å². The lowest BCUT2D eigenvalue weighted by atomic mass is 10.00. The molecule has 1 unspecified atom stereocenters. The quantitative estimate of drug-likeness (QED) is 0.840. The van der Waals surface area contributed by atoms with Crippen LogP contribution in [0.1, 0.15) is 23.4 Å². The topological polar surface area (TPSA) is 86.7 Å². The van der Waals surface area contributed by atoms with Gasteiger partial charge in [0.05, 0.1) is 6.54 Å². The van der Waals surface area contributed by atoms with Crippen LogP contribution in [0.2, 0.25) is 0 Å². The summed E-state index contributed by atoms with van der Waals surface area (Å²) in [5.74, 6) is -1.73. The summed E-state index contributed by atoms with van der Waals surface area (Å²) in [7, 11) is 0. The third-order valence-electron chi connectivity index (χ3n) is 3.01. The molecular formula is C12H14N2O4S. The lowest BCUT2D eigenvalue weighted by Gasteiger charge is -2.33. The third kappa shape index (κ3) is 2.76. The summed E-state index contributed by atoms with van der Waals surface area (Å²) in [6, 6.07) is 0.799. The number of thiophene rings is 1. The summed E-state index contributed by atoms with van der Waals surface area (Å²) >= 11 is 1.51. The minimum Gasteiger partial charge on any atom is -0.479 e. The number of carboxylic acid groups (broad SMARTS) is 1. The second kappa shape index (κ2) is 5.40. The van der Waals surface area contributed by atoms with Crippen molar-refractivity contribution in [2.75, 3.05) is 13.1 Å². The molecule has 6 nitrogen and oxygen atoms in total. The van der Waals surface area contributed by atoms with E-state index in [0.29, 0.717) is 18.5 Å². The van der Waals surface area contributed by atoms with Crippen LogP contribution in [-0.2, 0) is 20.8 Å². The molecule has 102 valence electrons. The van der Waals surface area contributed by atoms with Crippen molar-refractivity contribution in [2.45, 2.75) is 19.4 Å². The molecule has 2 amide bonds. The molecule has 0 bridgehead atoms. The number of amides is 2. The van der Waals surface area contributed by atoms with Crippen molar-refractivity contribution < 1.29 is 19.5 Å². The Labute approximate surface area is 114 Å². The lowest BCUT2D eigenvalue weighted by Crippen LogP contribution is -2.47. The summed E-state index contributed by atoms with van der Waals surface area (Å²) in [5.41, 5.74) is 0.680. The van der Waals surface area contributed by atoms with E-state index in [0.717, 1.165) is 4.88 Å². The van der Waals surface area contributed by atoms with Crippen LogP contribution in [0, 0.1) is 0 Å². The van der Waals surface area contributed by atoms with E-state index in [-0.39, 0.29) is 18.4 Å². The van der Waals surface area contributed by atoms with Crippen molar-refractivity contribution in [3.8, 4) is 0 Å². The molecule has 0 aliphatic carbocycles. The minimum absolute atomic E-state index is 0.168. The van der Waals surface area contributed by atoms with Crippen molar-refractivity contribution in [3.05, 3.63) is 21.9 Å². The Morgan fingerprint density at radius 2 is 2.26 bits per heavy atom. The van der Waals surface area contributed by atoms with Gasteiger partial charge in [-0.05, 0) is 23.4 Å². The number of aliphatic carboxylic acids is 1. The normalized spacial score (nSPS) is 17.7. The van der Waals surface area contributed by atoms with Gasteiger partial charge in [-0.25, -0.2) is 4.79 Å². The van der Waals surface area contributed by atoms with Gasteiger partial charge in [0.25, 0.3) is 0 Å². The maximum atomic E-state index is 12.0. The molecule has 0 saturated heterocycles. The summed E-state index contributed by atoms with van der Waals surface area (Å²) in [5, 5.41) is 13.6. The zero-order valence-corrected chi connectivity index (χ0v) is 11.2. The van der Waals surface area contributed by atoms with E-state index in [2.05, 4.69) is 5.32 Å². The number of rotatable bonds is 3. The number of carbonyl (C=O) groups excluding carboxylic acids is 2. The maximum absolute atomic E-state index is 12.0. The fourth-order valence-electron chi connectivity index (χ4n) is 2.15. The van der Waals surface area contributed by atoms with Gasteiger partial charge in [-0.1, -0.05) is 0 Å². The number of fused-ring (bicyclic) bond motifs is 1. The molecule has 0 saturated carbocycles. The van der Waals surface area contributed by atoms with Crippen molar-refractivity contribution in [1.82, 2.24) is 10.2 Å². The zero-order valence-electron chi connectivity index (χ0n) is 10.4. The second-order valence-corrected chi connectivity index (χ2v) is 5.29. The van der Waals surface area contributed by atoms with Crippen LogP contribution in [0.25, 0.3) is 0 Å². The lowest BCUT2D eigenvalue weighted by molar-refractivity contribution is -0.151. The van der Waals surface area contributed by atoms with Gasteiger partial charge in [-0.2, -0.15) is 0 Å². The Kier molecular flexibility index (Phi) is 3.84. The standard InChI is InChI=1S/C12H14N2O4S/c1-7(15)13-6-10(16)14-4-2-9-8(3-5-19-9)11(14)12(17)18/h3,5,11H,2,4,6H2,1H3,(H,13,15)(H,17,18). The molecular weight excluding hydrogens is 268 g/mol. The first kappa shape index (κ1) is 13.5. The molecule has 19 heavy (non-hydrogen) atoms. The highest BCUT2D eigenvalue weighted by atomic mass is 32.1. The largest absolute Gasteiger partial charge is 0.479 e. The highest BCUT2D eigenvalue weighted by Gasteiger charge is 2.36. The predicted molar refractivity (Wildman–Crippen MR) is 68.8 cm³/mol. The first-order valence-corrected chi connectivity index (χ1v) is 6.71. The van der Waals surface area contributed by atoms with Crippen LogP contribution in [0.3, 0.4) is 0 Å². The maximum Gasteiger partial charge on any atom is 0.331 e. The van der Waals surface area contributed by atoms with Gasteiger partial charge in [-0.3, -0.25) is 9.59 Å². The number of hydrogen-bond donors (Lipinski definition) is 2. The molecule has 2 rings (SSSR count). The molecule has 1 aliphatic rings. The molecule has 1 aromatic rings. The number of carboxylic acids is 1. The van der Waals surface area contributed by atoms with Crippen LogP contribution in [0.4, 0.5) is 0 Å². The monoisotopic (exact) mass is 282 g/mol. The van der Waals surface area contributed by atoms with Gasteiger partial charge in [0.2, 0.25) is 11.8 Å². The molecule has 1 aromatic heterocycles. The van der Waals surface area contributed by atoms with E-state index in [4.69, 9.17) is 0 Å². The fourth-order valence-corrected chi connectivity index (χ4v) is 3.06. The van der Waals surface area contributed by atoms with Gasteiger partial charge in [0.15, 0.2) is 6.04 Å². The van der Waals surface area contributed by atoms with Gasteiger partial charge in [0.1, 0.15) is 0 Å². The summed E-state index contributed by atoms with van der Waals surface area (Å²) in [6.07, 6.45) is 0.655. The molecule has 2 heterocycles. The average molecular weight is 282 g/mol. The summed E-state index contributed by atoms with van der Waals surface area (Å²) in [6.45, 7) is 1.51. The Balaban J connectivity index is 2.19. The highest BCUT2D eigenvalue weighted by Crippen LogP contribution is 2.33. The molecule has 0 spiro atoms. The van der Waals surface area contributed by atoms with Crippen molar-refractivity contribution >= 4 is 29.1 Å². The third-order valence-corrected chi connectivity index (χ3v) is 4.01. The number of hydrogen-bond acceptors (Lipinski definition) is 4. The average Bonchev–Trinajstić information content (AvgIpc) is 2.82. The first-order valence-electron chi connectivity index (χ1n) is 5.83. The highest BCUT2D eigenvalue weighted by molar-refractivity contribution is 7.10. The molecule has 0 fully saturated rings. The second-order valence-electron chi connectivity index (χ2n) is 4.29. The van der Waals surface area contributed by atoms with Gasteiger partial charge in [0, 0.05) is 18.3 Å². The SMILES string of the molecule is CC(=O)NCC(=O)N1CCc2sccc2C1C(=O)O. The molecule has 7 heteroatoms. The zero-order chi connectivity index (χ0) is 14.0. The number of carbonyl (C=O) groups is 3. The van der Waals surface area contributed by atoms with E-state index in [1.54, 1.807) is 6.07 Å². The summed E-state index contributed by atoms with van der Waals surface area (Å²) < 4.78 is 0. The van der Waals surface area contributed by atoms with Crippen LogP contribution < -0.4 is 5.32 Å². The Bertz CT molecular complexity index is 526. The first-order chi connectivity index (χ1) is 9.00. The number of nitrogens with zero attached hydrogens (tertiary/aromatic N) is 1. The van der Waals surface area contributed by atoms with Crippen molar-refractivity contribution in [2.24, 2.45) is 0 Å². The predicted octanol–water partition coefficient (Wildman–Crippen LogP) is 0.395. The molecule has 1 atom stereocenters. The van der Waals surface area contributed by atoms with E-state index in [1.807, 2.05) is 5.38 Å². The molecule has 1 aliphatic heterocycles. The van der Waals surface area contributed by atoms with E-state index in [9.17, 15) is 19.5 Å². The Morgan fingerprint density at radius 1 is 1.53 bits per heavy atom.